The van der Waals surface area contributed by atoms with Crippen LogP contribution in [0.4, 0.5) is 13.9 Å². The van der Waals surface area contributed by atoms with Crippen molar-refractivity contribution < 1.29 is 18.4 Å². The molecule has 0 aliphatic carbocycles. The molecule has 0 bridgehead atoms. The quantitative estimate of drug-likeness (QED) is 0.638. The number of aromatic nitrogens is 1. The van der Waals surface area contributed by atoms with Crippen molar-refractivity contribution in [3.05, 3.63) is 57.6 Å². The van der Waals surface area contributed by atoms with Gasteiger partial charge < -0.3 is 10.6 Å². The zero-order valence-corrected chi connectivity index (χ0v) is 15.8. The van der Waals surface area contributed by atoms with Crippen LogP contribution >= 0.6 is 22.7 Å². The average molecular weight is 407 g/mol. The van der Waals surface area contributed by atoms with Crippen LogP contribution in [-0.2, 0) is 9.59 Å². The molecule has 3 aromatic rings. The lowest BCUT2D eigenvalue weighted by molar-refractivity contribution is -0.120. The molecule has 0 saturated carbocycles. The van der Waals surface area contributed by atoms with E-state index in [2.05, 4.69) is 15.6 Å². The number of benzene rings is 1. The second-order valence-electron chi connectivity index (χ2n) is 5.69. The van der Waals surface area contributed by atoms with E-state index in [-0.39, 0.29) is 18.2 Å². The van der Waals surface area contributed by atoms with Crippen LogP contribution in [-0.4, -0.2) is 16.8 Å². The smallest absolute Gasteiger partial charge is 0.228 e. The first-order valence-electron chi connectivity index (χ1n) is 7.93. The number of carbonyl (C=O) groups excluding carboxylic acids is 2. The van der Waals surface area contributed by atoms with E-state index >= 15 is 0 Å². The molecule has 2 amide bonds. The molecule has 0 aliphatic rings. The molecule has 2 N–H and O–H groups in total. The van der Waals surface area contributed by atoms with Gasteiger partial charge in [0.2, 0.25) is 11.8 Å². The lowest BCUT2D eigenvalue weighted by Gasteiger charge is -2.15. The number of anilines is 1. The van der Waals surface area contributed by atoms with Gasteiger partial charge in [0.15, 0.2) is 16.8 Å². The third-order valence-electron chi connectivity index (χ3n) is 3.62. The predicted molar refractivity (Wildman–Crippen MR) is 102 cm³/mol. The summed E-state index contributed by atoms with van der Waals surface area (Å²) in [5.74, 6) is -2.43. The lowest BCUT2D eigenvalue weighted by atomic mass is 10.1. The summed E-state index contributed by atoms with van der Waals surface area (Å²) in [6.45, 7) is 1.40. The van der Waals surface area contributed by atoms with Gasteiger partial charge in [0.1, 0.15) is 0 Å². The molecule has 0 fully saturated rings. The van der Waals surface area contributed by atoms with Gasteiger partial charge in [-0.25, -0.2) is 13.8 Å². The zero-order valence-electron chi connectivity index (χ0n) is 14.2. The van der Waals surface area contributed by atoms with Crippen molar-refractivity contribution in [2.24, 2.45) is 0 Å². The Bertz CT molecular complexity index is 957. The molecule has 27 heavy (non-hydrogen) atoms. The van der Waals surface area contributed by atoms with Gasteiger partial charge in [0.05, 0.1) is 18.2 Å². The topological polar surface area (TPSA) is 71.1 Å². The first-order chi connectivity index (χ1) is 12.9. The molecule has 5 nitrogen and oxygen atoms in total. The molecule has 2 aromatic heterocycles. The van der Waals surface area contributed by atoms with Gasteiger partial charge >= 0.3 is 0 Å². The Morgan fingerprint density at radius 1 is 1.19 bits per heavy atom. The van der Waals surface area contributed by atoms with Crippen LogP contribution in [0.2, 0.25) is 0 Å². The van der Waals surface area contributed by atoms with Crippen molar-refractivity contribution in [3.8, 4) is 11.3 Å². The van der Waals surface area contributed by atoms with E-state index in [0.29, 0.717) is 16.4 Å². The second-order valence-corrected chi connectivity index (χ2v) is 7.52. The first-order valence-corrected chi connectivity index (χ1v) is 9.69. The third-order valence-corrected chi connectivity index (χ3v) is 5.36. The SMILES string of the molecule is CC(=O)N[C@@H](CC(=O)Nc1nc(-c2ccc(F)c(F)c2)cs1)c1cccs1. The third kappa shape index (κ3) is 4.95. The summed E-state index contributed by atoms with van der Waals surface area (Å²) in [7, 11) is 0. The van der Waals surface area contributed by atoms with E-state index in [0.717, 1.165) is 17.0 Å². The molecule has 0 spiro atoms. The minimum Gasteiger partial charge on any atom is -0.348 e. The molecule has 1 aromatic carbocycles. The number of carbonyl (C=O) groups is 2. The van der Waals surface area contributed by atoms with E-state index < -0.39 is 17.7 Å². The van der Waals surface area contributed by atoms with Crippen molar-refractivity contribution in [2.75, 3.05) is 5.32 Å². The molecule has 0 unspecified atom stereocenters. The number of thiazole rings is 1. The number of hydrogen-bond acceptors (Lipinski definition) is 5. The van der Waals surface area contributed by atoms with Gasteiger partial charge in [-0.3, -0.25) is 9.59 Å². The summed E-state index contributed by atoms with van der Waals surface area (Å²) in [4.78, 5) is 28.9. The van der Waals surface area contributed by atoms with Gasteiger partial charge in [0.25, 0.3) is 0 Å². The Balaban J connectivity index is 1.68. The van der Waals surface area contributed by atoms with E-state index in [1.165, 1.54) is 35.7 Å². The molecule has 9 heteroatoms. The molecular weight excluding hydrogens is 392 g/mol. The van der Waals surface area contributed by atoms with Crippen LogP contribution in [0.5, 0.6) is 0 Å². The molecule has 140 valence electrons. The van der Waals surface area contributed by atoms with Gasteiger partial charge in [-0.2, -0.15) is 0 Å². The van der Waals surface area contributed by atoms with Crippen LogP contribution < -0.4 is 10.6 Å². The van der Waals surface area contributed by atoms with Crippen LogP contribution in [0.1, 0.15) is 24.3 Å². The van der Waals surface area contributed by atoms with Crippen molar-refractivity contribution >= 4 is 39.6 Å². The maximum Gasteiger partial charge on any atom is 0.228 e. The van der Waals surface area contributed by atoms with Crippen LogP contribution in [0, 0.1) is 11.6 Å². The largest absolute Gasteiger partial charge is 0.348 e. The summed E-state index contributed by atoms with van der Waals surface area (Å²) in [5, 5.41) is 9.29. The Morgan fingerprint density at radius 3 is 2.67 bits per heavy atom. The molecule has 2 heterocycles. The fourth-order valence-corrected chi connectivity index (χ4v) is 3.95. The van der Waals surface area contributed by atoms with Crippen molar-refractivity contribution in [1.29, 1.82) is 0 Å². The van der Waals surface area contributed by atoms with Crippen molar-refractivity contribution in [2.45, 2.75) is 19.4 Å². The minimum absolute atomic E-state index is 0.0557. The van der Waals surface area contributed by atoms with E-state index in [4.69, 9.17) is 0 Å². The fraction of sp³-hybridized carbons (Fsp3) is 0.167. The number of halogens is 2. The van der Waals surface area contributed by atoms with Crippen molar-refractivity contribution in [1.82, 2.24) is 10.3 Å². The number of nitrogens with one attached hydrogen (secondary N) is 2. The Labute approximate surface area is 162 Å². The Morgan fingerprint density at radius 2 is 2.00 bits per heavy atom. The minimum atomic E-state index is -0.958. The summed E-state index contributed by atoms with van der Waals surface area (Å²) < 4.78 is 26.4. The van der Waals surface area contributed by atoms with E-state index in [1.54, 1.807) is 5.38 Å². The van der Waals surface area contributed by atoms with Gasteiger partial charge in [0, 0.05) is 22.7 Å². The summed E-state index contributed by atoms with van der Waals surface area (Å²) in [6.07, 6.45) is 0.0557. The second kappa shape index (κ2) is 8.36. The highest BCUT2D eigenvalue weighted by atomic mass is 32.1. The highest BCUT2D eigenvalue weighted by molar-refractivity contribution is 7.14. The molecule has 0 saturated heterocycles. The Kier molecular flexibility index (Phi) is 5.92. The van der Waals surface area contributed by atoms with Gasteiger partial charge in [-0.05, 0) is 29.6 Å². The molecule has 0 radical (unpaired) electrons. The highest BCUT2D eigenvalue weighted by Crippen LogP contribution is 2.27. The average Bonchev–Trinajstić information content (AvgIpc) is 3.28. The van der Waals surface area contributed by atoms with Gasteiger partial charge in [-0.15, -0.1) is 22.7 Å². The highest BCUT2D eigenvalue weighted by Gasteiger charge is 2.19. The Hall–Kier alpha value is -2.65. The number of amides is 2. The summed E-state index contributed by atoms with van der Waals surface area (Å²) in [6, 6.07) is 6.78. The normalized spacial score (nSPS) is 11.8. The van der Waals surface area contributed by atoms with Crippen LogP contribution in [0.3, 0.4) is 0 Å². The molecule has 0 aliphatic heterocycles. The number of hydrogen-bond donors (Lipinski definition) is 2. The zero-order chi connectivity index (χ0) is 19.4. The first kappa shape index (κ1) is 19.1. The summed E-state index contributed by atoms with van der Waals surface area (Å²) >= 11 is 2.63. The van der Waals surface area contributed by atoms with E-state index in [9.17, 15) is 18.4 Å². The van der Waals surface area contributed by atoms with Crippen LogP contribution in [0.25, 0.3) is 11.3 Å². The lowest BCUT2D eigenvalue weighted by Crippen LogP contribution is -2.29. The standard InChI is InChI=1S/C18H15F2N3O2S2/c1-10(24)21-14(16-3-2-6-26-16)8-17(25)23-18-22-15(9-27-18)11-4-5-12(19)13(20)7-11/h2-7,9,14H,8H2,1H3,(H,21,24)(H,22,23,25)/t14-/m0/s1. The molecular formula is C18H15F2N3O2S2. The molecule has 1 atom stereocenters. The number of rotatable bonds is 6. The maximum atomic E-state index is 13.4. The fourth-order valence-electron chi connectivity index (χ4n) is 2.43. The summed E-state index contributed by atoms with van der Waals surface area (Å²) in [5.41, 5.74) is 0.853. The molecule has 3 rings (SSSR count). The van der Waals surface area contributed by atoms with Crippen LogP contribution in [0.15, 0.2) is 41.1 Å². The number of thiophene rings is 1. The monoisotopic (exact) mass is 407 g/mol. The van der Waals surface area contributed by atoms with Gasteiger partial charge in [-0.1, -0.05) is 6.07 Å². The maximum absolute atomic E-state index is 13.4. The number of nitrogens with zero attached hydrogens (tertiary/aromatic N) is 1. The van der Waals surface area contributed by atoms with E-state index in [1.807, 2.05) is 17.5 Å². The predicted octanol–water partition coefficient (Wildman–Crippen LogP) is 4.36. The van der Waals surface area contributed by atoms with Crippen molar-refractivity contribution in [3.63, 3.8) is 0 Å².